The lowest BCUT2D eigenvalue weighted by atomic mass is 9.86. The van der Waals surface area contributed by atoms with Crippen molar-refractivity contribution in [3.8, 4) is 0 Å². The molecule has 2 nitrogen and oxygen atoms in total. The Labute approximate surface area is 160 Å². The van der Waals surface area contributed by atoms with Crippen molar-refractivity contribution in [2.75, 3.05) is 0 Å². The number of hydrogen-bond acceptors (Lipinski definition) is 1. The van der Waals surface area contributed by atoms with Gasteiger partial charge in [0.15, 0.2) is 0 Å². The molecule has 0 aliphatic heterocycles. The number of halogens is 2. The van der Waals surface area contributed by atoms with Gasteiger partial charge in [0.05, 0.1) is 16.1 Å². The van der Waals surface area contributed by atoms with E-state index in [9.17, 15) is 4.79 Å². The summed E-state index contributed by atoms with van der Waals surface area (Å²) in [4.78, 5) is 12.2. The second-order valence-electron chi connectivity index (χ2n) is 7.41. The summed E-state index contributed by atoms with van der Waals surface area (Å²) >= 11 is 11.9. The monoisotopic (exact) mass is 377 g/mol. The molecule has 1 N–H and O–H groups in total. The van der Waals surface area contributed by atoms with Crippen LogP contribution in [0.5, 0.6) is 0 Å². The van der Waals surface area contributed by atoms with Crippen molar-refractivity contribution >= 4 is 29.1 Å². The van der Waals surface area contributed by atoms with Crippen LogP contribution in [0, 0.1) is 0 Å². The van der Waals surface area contributed by atoms with Gasteiger partial charge in [-0.25, -0.2) is 0 Å². The molecule has 0 saturated carbocycles. The molecule has 1 amide bonds. The first-order chi connectivity index (χ1) is 11.7. The van der Waals surface area contributed by atoms with Crippen molar-refractivity contribution in [2.24, 2.45) is 0 Å². The van der Waals surface area contributed by atoms with Gasteiger partial charge in [-0.3, -0.25) is 4.79 Å². The second-order valence-corrected chi connectivity index (χ2v) is 8.22. The summed E-state index contributed by atoms with van der Waals surface area (Å²) in [5.41, 5.74) is 3.53. The van der Waals surface area contributed by atoms with E-state index >= 15 is 0 Å². The van der Waals surface area contributed by atoms with Crippen LogP contribution in [-0.4, -0.2) is 5.91 Å². The molecule has 2 aromatic rings. The van der Waals surface area contributed by atoms with Crippen LogP contribution in [0.1, 0.15) is 56.8 Å². The minimum absolute atomic E-state index is 0.0182. The van der Waals surface area contributed by atoms with E-state index in [2.05, 4.69) is 50.4 Å². The minimum Gasteiger partial charge on any atom is -0.350 e. The first-order valence-electron chi connectivity index (χ1n) is 8.50. The quantitative estimate of drug-likeness (QED) is 0.669. The highest BCUT2D eigenvalue weighted by Gasteiger charge is 2.15. The zero-order valence-corrected chi connectivity index (χ0v) is 16.7. The van der Waals surface area contributed by atoms with Gasteiger partial charge < -0.3 is 5.32 Å². The predicted octanol–water partition coefficient (Wildman–Crippen LogP) is 6.10. The zero-order valence-electron chi connectivity index (χ0n) is 15.2. The van der Waals surface area contributed by atoms with Gasteiger partial charge >= 0.3 is 0 Å². The van der Waals surface area contributed by atoms with Crippen LogP contribution in [0.25, 0.3) is 0 Å². The van der Waals surface area contributed by atoms with Gasteiger partial charge in [-0.05, 0) is 47.6 Å². The average Bonchev–Trinajstić information content (AvgIpc) is 2.55. The highest BCUT2D eigenvalue weighted by molar-refractivity contribution is 6.42. The van der Waals surface area contributed by atoms with Crippen LogP contribution in [0.3, 0.4) is 0 Å². The number of carbonyl (C=O) groups excluding carboxylic acids is 1. The Hall–Kier alpha value is -1.51. The van der Waals surface area contributed by atoms with E-state index in [-0.39, 0.29) is 17.4 Å². The van der Waals surface area contributed by atoms with E-state index in [1.54, 1.807) is 6.07 Å². The molecule has 25 heavy (non-hydrogen) atoms. The summed E-state index contributed by atoms with van der Waals surface area (Å²) < 4.78 is 0. The number of hydrogen-bond donors (Lipinski definition) is 1. The highest BCUT2D eigenvalue weighted by Crippen LogP contribution is 2.25. The Balaban J connectivity index is 1.90. The third kappa shape index (κ3) is 5.76. The van der Waals surface area contributed by atoms with Crippen LogP contribution in [0.4, 0.5) is 0 Å². The predicted molar refractivity (Wildman–Crippen MR) is 106 cm³/mol. The van der Waals surface area contributed by atoms with Gasteiger partial charge in [0.25, 0.3) is 0 Å². The van der Waals surface area contributed by atoms with Crippen LogP contribution >= 0.6 is 23.2 Å². The van der Waals surface area contributed by atoms with E-state index in [1.807, 2.05) is 19.1 Å². The molecule has 0 aromatic heterocycles. The Morgan fingerprint density at radius 2 is 1.68 bits per heavy atom. The summed E-state index contributed by atoms with van der Waals surface area (Å²) in [6.45, 7) is 8.58. The maximum atomic E-state index is 12.2. The molecular formula is C21H25Cl2NO. The number of carbonyl (C=O) groups is 1. The van der Waals surface area contributed by atoms with Crippen LogP contribution in [0.2, 0.25) is 10.0 Å². The van der Waals surface area contributed by atoms with E-state index in [4.69, 9.17) is 23.2 Å². The maximum Gasteiger partial charge on any atom is 0.220 e. The van der Waals surface area contributed by atoms with Crippen molar-refractivity contribution in [2.45, 2.75) is 52.0 Å². The molecular weight excluding hydrogens is 353 g/mol. The Bertz CT molecular complexity index is 733. The fraction of sp³-hybridized carbons (Fsp3) is 0.381. The molecule has 0 aliphatic rings. The minimum atomic E-state index is -0.0182. The van der Waals surface area contributed by atoms with Crippen molar-refractivity contribution < 1.29 is 4.79 Å². The van der Waals surface area contributed by atoms with Gasteiger partial charge in [0.2, 0.25) is 5.91 Å². The van der Waals surface area contributed by atoms with Gasteiger partial charge in [0.1, 0.15) is 0 Å². The largest absolute Gasteiger partial charge is 0.350 e. The lowest BCUT2D eigenvalue weighted by Gasteiger charge is -2.20. The average molecular weight is 378 g/mol. The number of benzene rings is 2. The molecule has 0 heterocycles. The lowest BCUT2D eigenvalue weighted by Crippen LogP contribution is -2.26. The molecule has 0 fully saturated rings. The number of amides is 1. The SMILES string of the molecule is C[C@@H](NC(=O)CCc1ccc(Cl)c(Cl)c1)c1ccc(C(C)(C)C)cc1. The molecule has 0 spiro atoms. The van der Waals surface area contributed by atoms with Gasteiger partial charge in [-0.2, -0.15) is 0 Å². The molecule has 0 saturated heterocycles. The summed E-state index contributed by atoms with van der Waals surface area (Å²) in [7, 11) is 0. The fourth-order valence-corrected chi connectivity index (χ4v) is 2.94. The lowest BCUT2D eigenvalue weighted by molar-refractivity contribution is -0.121. The number of rotatable bonds is 5. The molecule has 4 heteroatoms. The smallest absolute Gasteiger partial charge is 0.220 e. The molecule has 0 radical (unpaired) electrons. The Morgan fingerprint density at radius 3 is 2.24 bits per heavy atom. The van der Waals surface area contributed by atoms with Crippen LogP contribution < -0.4 is 5.32 Å². The molecule has 0 unspecified atom stereocenters. The zero-order chi connectivity index (χ0) is 18.6. The van der Waals surface area contributed by atoms with Crippen molar-refractivity contribution in [1.82, 2.24) is 5.32 Å². The third-order valence-corrected chi connectivity index (χ3v) is 5.02. The first kappa shape index (κ1) is 19.8. The summed E-state index contributed by atoms with van der Waals surface area (Å²) in [6, 6.07) is 13.9. The van der Waals surface area contributed by atoms with Gasteiger partial charge in [-0.1, -0.05) is 74.3 Å². The van der Waals surface area contributed by atoms with Crippen molar-refractivity contribution in [1.29, 1.82) is 0 Å². The molecule has 2 aromatic carbocycles. The molecule has 0 bridgehead atoms. The Kier molecular flexibility index (Phi) is 6.53. The standard InChI is InChI=1S/C21H25Cl2NO/c1-14(16-7-9-17(10-8-16)21(2,3)4)24-20(25)12-6-15-5-11-18(22)19(23)13-15/h5,7-11,13-14H,6,12H2,1-4H3,(H,24,25)/t14-/m1/s1. The molecule has 2 rings (SSSR count). The topological polar surface area (TPSA) is 29.1 Å². The normalized spacial score (nSPS) is 12.7. The van der Waals surface area contributed by atoms with Crippen LogP contribution in [0.15, 0.2) is 42.5 Å². The molecule has 0 aliphatic carbocycles. The van der Waals surface area contributed by atoms with E-state index in [0.29, 0.717) is 22.9 Å². The third-order valence-electron chi connectivity index (χ3n) is 4.28. The number of nitrogens with one attached hydrogen (secondary N) is 1. The van der Waals surface area contributed by atoms with E-state index in [0.717, 1.165) is 11.1 Å². The van der Waals surface area contributed by atoms with E-state index < -0.39 is 0 Å². The van der Waals surface area contributed by atoms with E-state index in [1.165, 1.54) is 5.56 Å². The first-order valence-corrected chi connectivity index (χ1v) is 9.26. The van der Waals surface area contributed by atoms with Gasteiger partial charge in [-0.15, -0.1) is 0 Å². The summed E-state index contributed by atoms with van der Waals surface area (Å²) in [6.07, 6.45) is 1.06. The van der Waals surface area contributed by atoms with Crippen molar-refractivity contribution in [3.05, 3.63) is 69.2 Å². The fourth-order valence-electron chi connectivity index (χ4n) is 2.62. The number of aryl methyl sites for hydroxylation is 1. The molecule has 134 valence electrons. The van der Waals surface area contributed by atoms with Crippen molar-refractivity contribution in [3.63, 3.8) is 0 Å². The summed E-state index contributed by atoms with van der Waals surface area (Å²) in [5.74, 6) is 0.0264. The molecule has 1 atom stereocenters. The maximum absolute atomic E-state index is 12.2. The highest BCUT2D eigenvalue weighted by atomic mass is 35.5. The van der Waals surface area contributed by atoms with Gasteiger partial charge in [0, 0.05) is 6.42 Å². The summed E-state index contributed by atoms with van der Waals surface area (Å²) in [5, 5.41) is 4.10. The Morgan fingerprint density at radius 1 is 1.04 bits per heavy atom. The second kappa shape index (κ2) is 8.25. The van der Waals surface area contributed by atoms with Crippen LogP contribution in [-0.2, 0) is 16.6 Å².